The van der Waals surface area contributed by atoms with Crippen LogP contribution in [-0.2, 0) is 16.0 Å². The Labute approximate surface area is 112 Å². The van der Waals surface area contributed by atoms with Crippen LogP contribution in [0.5, 0.6) is 5.75 Å². The van der Waals surface area contributed by atoms with Gasteiger partial charge in [-0.2, -0.15) is 0 Å². The number of phenolic OH excluding ortho intramolecular Hbond substituents is 1. The van der Waals surface area contributed by atoms with Crippen LogP contribution in [0.2, 0.25) is 0 Å². The number of nitrogens with one attached hydrogen (secondary N) is 1. The number of aliphatic carboxylic acids is 1. The molecule has 0 saturated heterocycles. The van der Waals surface area contributed by atoms with Crippen LogP contribution in [0.4, 0.5) is 0 Å². The van der Waals surface area contributed by atoms with Gasteiger partial charge in [0.25, 0.3) is 0 Å². The van der Waals surface area contributed by atoms with Crippen LogP contribution in [0.15, 0.2) is 24.3 Å². The minimum absolute atomic E-state index is 0.107. The van der Waals surface area contributed by atoms with E-state index in [1.165, 1.54) is 12.1 Å². The molecule has 0 aliphatic heterocycles. The average molecular weight is 265 g/mol. The SMILES string of the molecule is CCC(C)(CNC(=O)Cc1ccc(O)cc1)C(=O)O. The summed E-state index contributed by atoms with van der Waals surface area (Å²) in [5.41, 5.74) is -0.172. The lowest BCUT2D eigenvalue weighted by molar-refractivity contribution is -0.148. The molecule has 0 fully saturated rings. The molecule has 19 heavy (non-hydrogen) atoms. The van der Waals surface area contributed by atoms with Crippen LogP contribution in [0.25, 0.3) is 0 Å². The Morgan fingerprint density at radius 3 is 2.32 bits per heavy atom. The molecular weight excluding hydrogens is 246 g/mol. The summed E-state index contributed by atoms with van der Waals surface area (Å²) in [6.07, 6.45) is 0.613. The molecule has 3 N–H and O–H groups in total. The van der Waals surface area contributed by atoms with Gasteiger partial charge in [-0.3, -0.25) is 9.59 Å². The number of rotatable bonds is 6. The molecule has 0 aromatic heterocycles. The Kier molecular flexibility index (Phi) is 4.92. The summed E-state index contributed by atoms with van der Waals surface area (Å²) < 4.78 is 0. The third-order valence-corrected chi connectivity index (χ3v) is 3.27. The van der Waals surface area contributed by atoms with Gasteiger partial charge in [0.15, 0.2) is 0 Å². The highest BCUT2D eigenvalue weighted by Gasteiger charge is 2.31. The number of carbonyl (C=O) groups excluding carboxylic acids is 1. The summed E-state index contributed by atoms with van der Waals surface area (Å²) in [4.78, 5) is 22.8. The number of benzene rings is 1. The van der Waals surface area contributed by atoms with Crippen molar-refractivity contribution < 1.29 is 19.8 Å². The fourth-order valence-electron chi connectivity index (χ4n) is 1.51. The second-order valence-corrected chi connectivity index (χ2v) is 4.84. The van der Waals surface area contributed by atoms with Crippen molar-refractivity contribution in [3.05, 3.63) is 29.8 Å². The summed E-state index contributed by atoms with van der Waals surface area (Å²) >= 11 is 0. The number of carboxylic acids is 1. The summed E-state index contributed by atoms with van der Waals surface area (Å²) in [6.45, 7) is 3.49. The van der Waals surface area contributed by atoms with E-state index in [9.17, 15) is 9.59 Å². The van der Waals surface area contributed by atoms with Crippen molar-refractivity contribution in [3.8, 4) is 5.75 Å². The van der Waals surface area contributed by atoms with Crippen molar-refractivity contribution in [1.29, 1.82) is 0 Å². The summed E-state index contributed by atoms with van der Waals surface area (Å²) in [6, 6.07) is 6.34. The molecule has 1 aromatic carbocycles. The Morgan fingerprint density at radius 1 is 1.26 bits per heavy atom. The lowest BCUT2D eigenvalue weighted by Crippen LogP contribution is -2.41. The Bertz CT molecular complexity index is 455. The van der Waals surface area contributed by atoms with Crippen LogP contribution < -0.4 is 5.32 Å². The Balaban J connectivity index is 2.52. The second kappa shape index (κ2) is 6.22. The van der Waals surface area contributed by atoms with Gasteiger partial charge in [0.05, 0.1) is 11.8 Å². The molecule has 5 heteroatoms. The molecule has 0 heterocycles. The van der Waals surface area contributed by atoms with E-state index in [-0.39, 0.29) is 24.6 Å². The number of aromatic hydroxyl groups is 1. The number of amides is 1. The predicted octanol–water partition coefficient (Wildman–Crippen LogP) is 1.55. The number of hydrogen-bond acceptors (Lipinski definition) is 3. The van der Waals surface area contributed by atoms with Gasteiger partial charge in [0, 0.05) is 6.54 Å². The highest BCUT2D eigenvalue weighted by atomic mass is 16.4. The lowest BCUT2D eigenvalue weighted by atomic mass is 9.87. The molecular formula is C14H19NO4. The molecule has 104 valence electrons. The number of carbonyl (C=O) groups is 2. The Hall–Kier alpha value is -2.04. The van der Waals surface area contributed by atoms with Crippen molar-refractivity contribution in [1.82, 2.24) is 5.32 Å². The highest BCUT2D eigenvalue weighted by Crippen LogP contribution is 2.20. The zero-order valence-corrected chi connectivity index (χ0v) is 11.1. The largest absolute Gasteiger partial charge is 0.508 e. The van der Waals surface area contributed by atoms with Crippen LogP contribution in [0.3, 0.4) is 0 Å². The van der Waals surface area contributed by atoms with Gasteiger partial charge in [-0.25, -0.2) is 0 Å². The van der Waals surface area contributed by atoms with Crippen molar-refractivity contribution in [2.24, 2.45) is 5.41 Å². The number of hydrogen-bond donors (Lipinski definition) is 3. The first kappa shape index (κ1) is 15.0. The first-order chi connectivity index (χ1) is 8.87. The summed E-state index contributed by atoms with van der Waals surface area (Å²) in [5.74, 6) is -1.000. The first-order valence-electron chi connectivity index (χ1n) is 6.15. The Morgan fingerprint density at radius 2 is 1.84 bits per heavy atom. The number of carboxylic acid groups (broad SMARTS) is 1. The molecule has 1 rings (SSSR count). The molecule has 1 atom stereocenters. The van der Waals surface area contributed by atoms with E-state index in [1.807, 2.05) is 0 Å². The molecule has 0 aliphatic rings. The third-order valence-electron chi connectivity index (χ3n) is 3.27. The molecule has 5 nitrogen and oxygen atoms in total. The smallest absolute Gasteiger partial charge is 0.311 e. The van der Waals surface area contributed by atoms with E-state index < -0.39 is 11.4 Å². The maximum Gasteiger partial charge on any atom is 0.311 e. The van der Waals surface area contributed by atoms with Gasteiger partial charge in [-0.05, 0) is 31.0 Å². The second-order valence-electron chi connectivity index (χ2n) is 4.84. The minimum Gasteiger partial charge on any atom is -0.508 e. The van der Waals surface area contributed by atoms with Crippen molar-refractivity contribution >= 4 is 11.9 Å². The average Bonchev–Trinajstić information content (AvgIpc) is 2.38. The summed E-state index contributed by atoms with van der Waals surface area (Å²) in [5, 5.41) is 20.9. The van der Waals surface area contributed by atoms with E-state index >= 15 is 0 Å². The standard InChI is InChI=1S/C14H19NO4/c1-3-14(2,13(18)19)9-15-12(17)8-10-4-6-11(16)7-5-10/h4-7,16H,3,8-9H2,1-2H3,(H,15,17)(H,18,19). The van der Waals surface area contributed by atoms with Crippen LogP contribution >= 0.6 is 0 Å². The van der Waals surface area contributed by atoms with Crippen LogP contribution in [0, 0.1) is 5.41 Å². The van der Waals surface area contributed by atoms with Gasteiger partial charge in [-0.1, -0.05) is 19.1 Å². The molecule has 0 bridgehead atoms. The lowest BCUT2D eigenvalue weighted by Gasteiger charge is -2.23. The molecule has 0 saturated carbocycles. The van der Waals surface area contributed by atoms with Crippen molar-refractivity contribution in [2.45, 2.75) is 26.7 Å². The van der Waals surface area contributed by atoms with Crippen molar-refractivity contribution in [2.75, 3.05) is 6.54 Å². The minimum atomic E-state index is -0.940. The zero-order valence-electron chi connectivity index (χ0n) is 11.1. The van der Waals surface area contributed by atoms with Crippen LogP contribution in [0.1, 0.15) is 25.8 Å². The van der Waals surface area contributed by atoms with Crippen LogP contribution in [-0.4, -0.2) is 28.6 Å². The van der Waals surface area contributed by atoms with E-state index in [0.29, 0.717) is 6.42 Å². The van der Waals surface area contributed by atoms with E-state index in [0.717, 1.165) is 5.56 Å². The molecule has 1 aromatic rings. The first-order valence-corrected chi connectivity index (χ1v) is 6.15. The monoisotopic (exact) mass is 265 g/mol. The molecule has 1 amide bonds. The third kappa shape index (κ3) is 4.28. The number of phenols is 1. The molecule has 0 spiro atoms. The molecule has 0 aliphatic carbocycles. The topological polar surface area (TPSA) is 86.6 Å². The zero-order chi connectivity index (χ0) is 14.5. The quantitative estimate of drug-likeness (QED) is 0.728. The fourth-order valence-corrected chi connectivity index (χ4v) is 1.51. The fraction of sp³-hybridized carbons (Fsp3) is 0.429. The van der Waals surface area contributed by atoms with Gasteiger partial charge in [-0.15, -0.1) is 0 Å². The van der Waals surface area contributed by atoms with E-state index in [1.54, 1.807) is 26.0 Å². The van der Waals surface area contributed by atoms with Gasteiger partial charge < -0.3 is 15.5 Å². The van der Waals surface area contributed by atoms with E-state index in [2.05, 4.69) is 5.32 Å². The van der Waals surface area contributed by atoms with Gasteiger partial charge in [0.2, 0.25) is 5.91 Å². The highest BCUT2D eigenvalue weighted by molar-refractivity contribution is 5.80. The molecule has 1 unspecified atom stereocenters. The van der Waals surface area contributed by atoms with E-state index in [4.69, 9.17) is 10.2 Å². The van der Waals surface area contributed by atoms with Gasteiger partial charge >= 0.3 is 5.97 Å². The maximum atomic E-state index is 11.7. The predicted molar refractivity (Wildman–Crippen MR) is 70.9 cm³/mol. The summed E-state index contributed by atoms with van der Waals surface area (Å²) in [7, 11) is 0. The van der Waals surface area contributed by atoms with Crippen molar-refractivity contribution in [3.63, 3.8) is 0 Å². The normalized spacial score (nSPS) is 13.6. The molecule has 0 radical (unpaired) electrons. The van der Waals surface area contributed by atoms with Gasteiger partial charge in [0.1, 0.15) is 5.75 Å². The maximum absolute atomic E-state index is 11.7.